The van der Waals surface area contributed by atoms with Gasteiger partial charge in [-0.1, -0.05) is 59.8 Å². The summed E-state index contributed by atoms with van der Waals surface area (Å²) in [7, 11) is 1.64. The monoisotopic (exact) mass is 448 g/mol. The van der Waals surface area contributed by atoms with E-state index in [1.54, 1.807) is 12.0 Å². The molecule has 0 fully saturated rings. The highest BCUT2D eigenvalue weighted by Crippen LogP contribution is 2.35. The van der Waals surface area contributed by atoms with E-state index in [0.717, 1.165) is 42.2 Å². The fraction of sp³-hybridized carbons (Fsp3) is 0.385. The minimum atomic E-state index is -0.128. The number of ether oxygens (including phenoxy) is 1. The Hall–Kier alpha value is -3.32. The largest absolute Gasteiger partial charge is 0.383 e. The molecule has 0 saturated heterocycles. The number of hydrogen-bond acceptors (Lipinski definition) is 5. The predicted molar refractivity (Wildman–Crippen MR) is 129 cm³/mol. The van der Waals surface area contributed by atoms with Gasteiger partial charge in [-0.05, 0) is 31.4 Å². The Morgan fingerprint density at radius 1 is 1.15 bits per heavy atom. The van der Waals surface area contributed by atoms with Gasteiger partial charge in [0, 0.05) is 38.3 Å². The molecule has 0 radical (unpaired) electrons. The lowest BCUT2D eigenvalue weighted by molar-refractivity contribution is 0.145. The van der Waals surface area contributed by atoms with E-state index in [9.17, 15) is 4.79 Å². The van der Waals surface area contributed by atoms with Crippen LogP contribution in [0.25, 0.3) is 11.3 Å². The molecule has 7 nitrogen and oxygen atoms in total. The van der Waals surface area contributed by atoms with E-state index >= 15 is 0 Å². The van der Waals surface area contributed by atoms with Crippen molar-refractivity contribution in [3.8, 4) is 11.3 Å². The summed E-state index contributed by atoms with van der Waals surface area (Å²) < 4.78 is 11.2. The molecule has 0 atom stereocenters. The fourth-order valence-electron chi connectivity index (χ4n) is 4.17. The first-order chi connectivity index (χ1) is 16.1. The number of nitrogens with one attached hydrogen (secondary N) is 1. The van der Waals surface area contributed by atoms with Crippen LogP contribution < -0.4 is 10.2 Å². The number of nitrogens with zero attached hydrogens (tertiary/aromatic N) is 3. The molecule has 1 N–H and O–H groups in total. The van der Waals surface area contributed by atoms with Crippen molar-refractivity contribution in [2.45, 2.75) is 39.4 Å². The lowest BCUT2D eigenvalue weighted by Gasteiger charge is -2.30. The molecule has 0 spiro atoms. The van der Waals surface area contributed by atoms with E-state index in [4.69, 9.17) is 9.26 Å². The second-order valence-corrected chi connectivity index (χ2v) is 8.64. The highest BCUT2D eigenvalue weighted by molar-refractivity contribution is 5.76. The topological polar surface area (TPSA) is 70.8 Å². The second kappa shape index (κ2) is 10.5. The van der Waals surface area contributed by atoms with Crippen LogP contribution >= 0.6 is 0 Å². The van der Waals surface area contributed by atoms with Crippen LogP contribution in [0, 0.1) is 0 Å². The molecule has 1 aromatic heterocycles. The van der Waals surface area contributed by atoms with Gasteiger partial charge in [0.05, 0.1) is 18.7 Å². The van der Waals surface area contributed by atoms with Gasteiger partial charge in [-0.3, -0.25) is 0 Å². The zero-order valence-corrected chi connectivity index (χ0v) is 19.6. The highest BCUT2D eigenvalue weighted by atomic mass is 16.5. The van der Waals surface area contributed by atoms with Crippen molar-refractivity contribution in [1.29, 1.82) is 0 Å². The number of fused-ring (bicyclic) bond motifs is 1. The average Bonchev–Trinajstić information content (AvgIpc) is 3.25. The Labute approximate surface area is 195 Å². The fourth-order valence-corrected chi connectivity index (χ4v) is 4.17. The maximum atomic E-state index is 13.0. The smallest absolute Gasteiger partial charge is 0.317 e. The van der Waals surface area contributed by atoms with Gasteiger partial charge in [0.2, 0.25) is 5.88 Å². The first-order valence-corrected chi connectivity index (χ1v) is 11.5. The summed E-state index contributed by atoms with van der Waals surface area (Å²) in [5.74, 6) is 0.725. The Kier molecular flexibility index (Phi) is 7.29. The number of methoxy groups -OCH3 is 1. The van der Waals surface area contributed by atoms with E-state index in [0.29, 0.717) is 19.7 Å². The van der Waals surface area contributed by atoms with E-state index in [1.807, 2.05) is 44.2 Å². The molecule has 4 rings (SSSR count). The second-order valence-electron chi connectivity index (χ2n) is 8.64. The van der Waals surface area contributed by atoms with Crippen molar-refractivity contribution in [1.82, 2.24) is 15.4 Å². The number of rotatable bonds is 8. The lowest BCUT2D eigenvalue weighted by atomic mass is 9.99. The number of amides is 2. The molecular weight excluding hydrogens is 416 g/mol. The molecule has 2 heterocycles. The minimum absolute atomic E-state index is 0.0386. The summed E-state index contributed by atoms with van der Waals surface area (Å²) in [6, 6.07) is 18.4. The zero-order chi connectivity index (χ0) is 23.2. The van der Waals surface area contributed by atoms with Crippen molar-refractivity contribution < 1.29 is 14.1 Å². The number of carbonyl (C=O) groups excluding carboxylic acids is 1. The molecule has 7 heteroatoms. The Morgan fingerprint density at radius 3 is 2.61 bits per heavy atom. The van der Waals surface area contributed by atoms with Gasteiger partial charge in [0.1, 0.15) is 5.69 Å². The van der Waals surface area contributed by atoms with Gasteiger partial charge in [0.15, 0.2) is 0 Å². The third kappa shape index (κ3) is 5.37. The Morgan fingerprint density at radius 2 is 1.88 bits per heavy atom. The van der Waals surface area contributed by atoms with Gasteiger partial charge < -0.3 is 24.4 Å². The minimum Gasteiger partial charge on any atom is -0.383 e. The quantitative estimate of drug-likeness (QED) is 0.551. The van der Waals surface area contributed by atoms with E-state index in [2.05, 4.69) is 39.6 Å². The summed E-state index contributed by atoms with van der Waals surface area (Å²) in [4.78, 5) is 17.0. The third-order valence-electron chi connectivity index (χ3n) is 5.85. The van der Waals surface area contributed by atoms with Gasteiger partial charge in [-0.15, -0.1) is 0 Å². The van der Waals surface area contributed by atoms with E-state index < -0.39 is 0 Å². The number of urea groups is 1. The summed E-state index contributed by atoms with van der Waals surface area (Å²) in [6.45, 7) is 6.80. The van der Waals surface area contributed by atoms with Gasteiger partial charge in [-0.2, -0.15) is 0 Å². The van der Waals surface area contributed by atoms with Crippen molar-refractivity contribution >= 4 is 11.9 Å². The number of hydrogen-bond donors (Lipinski definition) is 1. The van der Waals surface area contributed by atoms with E-state index in [1.165, 1.54) is 11.1 Å². The molecule has 2 amide bonds. The van der Waals surface area contributed by atoms with Crippen LogP contribution in [0.15, 0.2) is 59.1 Å². The van der Waals surface area contributed by atoms with Crippen molar-refractivity contribution in [2.24, 2.45) is 0 Å². The molecule has 1 aliphatic heterocycles. The molecule has 0 aliphatic carbocycles. The molecular formula is C26H32N4O3. The van der Waals surface area contributed by atoms with Crippen LogP contribution in [0.5, 0.6) is 0 Å². The SMILES string of the molecule is COCCN(Cc1c(-c2ccccc2)noc1N1CCc2ccccc2C1)C(=O)NC(C)C. The number of anilines is 1. The summed E-state index contributed by atoms with van der Waals surface area (Å²) >= 11 is 0. The van der Waals surface area contributed by atoms with Crippen LogP contribution in [0.2, 0.25) is 0 Å². The van der Waals surface area contributed by atoms with Gasteiger partial charge in [-0.25, -0.2) is 4.79 Å². The summed E-state index contributed by atoms with van der Waals surface area (Å²) in [5.41, 5.74) is 5.31. The molecule has 174 valence electrons. The Bertz CT molecular complexity index is 1060. The first kappa shape index (κ1) is 22.9. The van der Waals surface area contributed by atoms with E-state index in [-0.39, 0.29) is 12.1 Å². The normalized spacial score (nSPS) is 13.2. The molecule has 33 heavy (non-hydrogen) atoms. The third-order valence-corrected chi connectivity index (χ3v) is 5.85. The molecule has 0 saturated carbocycles. The standard InChI is InChI=1S/C26H32N4O3/c1-19(2)27-26(31)30(15-16-32-3)18-23-24(21-10-5-4-6-11-21)28-33-25(23)29-14-13-20-9-7-8-12-22(20)17-29/h4-12,19H,13-18H2,1-3H3,(H,27,31). The summed E-state index contributed by atoms with van der Waals surface area (Å²) in [5, 5.41) is 7.47. The molecule has 1 aliphatic rings. The number of carbonyl (C=O) groups is 1. The van der Waals surface area contributed by atoms with Crippen LogP contribution in [-0.2, 0) is 24.2 Å². The predicted octanol–water partition coefficient (Wildman–Crippen LogP) is 4.47. The summed E-state index contributed by atoms with van der Waals surface area (Å²) in [6.07, 6.45) is 0.943. The molecule has 2 aromatic carbocycles. The molecule has 0 unspecified atom stereocenters. The molecule has 0 bridgehead atoms. The maximum absolute atomic E-state index is 13.0. The number of benzene rings is 2. The number of aromatic nitrogens is 1. The van der Waals surface area contributed by atoms with Crippen molar-refractivity contribution in [2.75, 3.05) is 31.7 Å². The lowest BCUT2D eigenvalue weighted by Crippen LogP contribution is -2.44. The maximum Gasteiger partial charge on any atom is 0.317 e. The Balaban J connectivity index is 1.69. The first-order valence-electron chi connectivity index (χ1n) is 11.5. The molecule has 3 aromatic rings. The van der Waals surface area contributed by atoms with Gasteiger partial charge >= 0.3 is 6.03 Å². The van der Waals surface area contributed by atoms with Crippen LogP contribution in [0.1, 0.15) is 30.5 Å². The highest BCUT2D eigenvalue weighted by Gasteiger charge is 2.28. The average molecular weight is 449 g/mol. The zero-order valence-electron chi connectivity index (χ0n) is 19.6. The van der Waals surface area contributed by atoms with Crippen LogP contribution in [0.3, 0.4) is 0 Å². The van der Waals surface area contributed by atoms with Crippen LogP contribution in [-0.4, -0.2) is 48.9 Å². The van der Waals surface area contributed by atoms with Crippen molar-refractivity contribution in [3.05, 3.63) is 71.3 Å². The van der Waals surface area contributed by atoms with Crippen molar-refractivity contribution in [3.63, 3.8) is 0 Å². The van der Waals surface area contributed by atoms with Crippen LogP contribution in [0.4, 0.5) is 10.7 Å². The van der Waals surface area contributed by atoms with Gasteiger partial charge in [0.25, 0.3) is 0 Å².